The van der Waals surface area contributed by atoms with E-state index in [1.54, 1.807) is 12.1 Å². The van der Waals surface area contributed by atoms with Crippen LogP contribution in [0.15, 0.2) is 35.3 Å². The van der Waals surface area contributed by atoms with Crippen LogP contribution in [0.4, 0.5) is 4.39 Å². The molecule has 14 heavy (non-hydrogen) atoms. The normalized spacial score (nSPS) is 12.5. The van der Waals surface area contributed by atoms with Crippen molar-refractivity contribution in [2.75, 3.05) is 6.54 Å². The van der Waals surface area contributed by atoms with E-state index in [0.717, 1.165) is 11.0 Å². The van der Waals surface area contributed by atoms with Crippen LogP contribution in [-0.4, -0.2) is 6.54 Å². The highest BCUT2D eigenvalue weighted by Gasteiger charge is 2.10. The van der Waals surface area contributed by atoms with E-state index >= 15 is 0 Å². The zero-order chi connectivity index (χ0) is 10.6. The maximum atomic E-state index is 13.5. The van der Waals surface area contributed by atoms with Crippen LogP contribution >= 0.6 is 15.9 Å². The predicted octanol–water partition coefficient (Wildman–Crippen LogP) is 3.42. The van der Waals surface area contributed by atoms with Crippen molar-refractivity contribution in [1.82, 2.24) is 5.32 Å². The van der Waals surface area contributed by atoms with Gasteiger partial charge in [-0.3, -0.25) is 0 Å². The molecule has 0 saturated carbocycles. The lowest BCUT2D eigenvalue weighted by Crippen LogP contribution is -2.19. The fourth-order valence-corrected chi connectivity index (χ4v) is 1.63. The average molecular weight is 258 g/mol. The highest BCUT2D eigenvalue weighted by Crippen LogP contribution is 2.21. The van der Waals surface area contributed by atoms with Crippen LogP contribution in [0.3, 0.4) is 0 Å². The molecule has 1 atom stereocenters. The molecule has 0 fully saturated rings. The Bertz CT molecular complexity index is 325. The fourth-order valence-electron chi connectivity index (χ4n) is 1.29. The van der Waals surface area contributed by atoms with Crippen LogP contribution in [0, 0.1) is 5.82 Å². The van der Waals surface area contributed by atoms with Crippen LogP contribution in [0.25, 0.3) is 0 Å². The van der Waals surface area contributed by atoms with E-state index in [0.29, 0.717) is 5.56 Å². The molecular formula is C11H13BrFN. The highest BCUT2D eigenvalue weighted by molar-refractivity contribution is 9.10. The van der Waals surface area contributed by atoms with E-state index in [-0.39, 0.29) is 11.9 Å². The molecule has 76 valence electrons. The molecule has 0 aliphatic heterocycles. The van der Waals surface area contributed by atoms with E-state index in [4.69, 9.17) is 0 Å². The number of hydrogen-bond donors (Lipinski definition) is 1. The molecular weight excluding hydrogens is 245 g/mol. The van der Waals surface area contributed by atoms with Gasteiger partial charge in [0.15, 0.2) is 0 Å². The molecule has 0 amide bonds. The van der Waals surface area contributed by atoms with Gasteiger partial charge in [0, 0.05) is 10.0 Å². The van der Waals surface area contributed by atoms with Crippen molar-refractivity contribution in [2.24, 2.45) is 0 Å². The molecule has 1 unspecified atom stereocenters. The summed E-state index contributed by atoms with van der Waals surface area (Å²) in [6, 6.07) is 4.93. The van der Waals surface area contributed by atoms with E-state index in [1.165, 1.54) is 6.07 Å². The van der Waals surface area contributed by atoms with E-state index in [2.05, 4.69) is 27.8 Å². The summed E-state index contributed by atoms with van der Waals surface area (Å²) in [5.74, 6) is -0.217. The van der Waals surface area contributed by atoms with Gasteiger partial charge in [-0.05, 0) is 18.7 Å². The first kappa shape index (κ1) is 11.4. The first-order chi connectivity index (χ1) is 6.69. The molecule has 0 heterocycles. The fraction of sp³-hybridized carbons (Fsp3) is 0.273. The van der Waals surface area contributed by atoms with Crippen molar-refractivity contribution in [3.63, 3.8) is 0 Å². The molecule has 0 aliphatic carbocycles. The highest BCUT2D eigenvalue weighted by atomic mass is 79.9. The number of benzene rings is 1. The molecule has 1 rings (SSSR count). The van der Waals surface area contributed by atoms with Gasteiger partial charge in [-0.2, -0.15) is 0 Å². The minimum atomic E-state index is -0.217. The first-order valence-electron chi connectivity index (χ1n) is 4.50. The molecule has 1 N–H and O–H groups in total. The van der Waals surface area contributed by atoms with Crippen molar-refractivity contribution in [2.45, 2.75) is 13.0 Å². The van der Waals surface area contributed by atoms with Gasteiger partial charge in [0.1, 0.15) is 5.82 Å². The number of hydrogen-bond acceptors (Lipinski definition) is 1. The van der Waals surface area contributed by atoms with Crippen molar-refractivity contribution in [3.05, 3.63) is 46.7 Å². The number of rotatable bonds is 4. The Kier molecular flexibility index (Phi) is 4.29. The predicted molar refractivity (Wildman–Crippen MR) is 60.7 cm³/mol. The zero-order valence-electron chi connectivity index (χ0n) is 8.06. The quantitative estimate of drug-likeness (QED) is 0.816. The summed E-state index contributed by atoms with van der Waals surface area (Å²) in [6.07, 6.45) is 1.70. The van der Waals surface area contributed by atoms with E-state index in [1.807, 2.05) is 13.0 Å². The van der Waals surface area contributed by atoms with Crippen LogP contribution in [-0.2, 0) is 0 Å². The van der Waals surface area contributed by atoms with Crippen molar-refractivity contribution in [1.29, 1.82) is 0 Å². The van der Waals surface area contributed by atoms with E-state index < -0.39 is 0 Å². The largest absolute Gasteiger partial charge is 0.307 e. The number of nitrogens with one attached hydrogen (secondary N) is 1. The Morgan fingerprint density at radius 2 is 2.36 bits per heavy atom. The lowest BCUT2D eigenvalue weighted by atomic mass is 10.1. The van der Waals surface area contributed by atoms with Gasteiger partial charge in [0.2, 0.25) is 0 Å². The monoisotopic (exact) mass is 257 g/mol. The Morgan fingerprint density at radius 1 is 1.64 bits per heavy atom. The second kappa shape index (κ2) is 5.27. The third-order valence-corrected chi connectivity index (χ3v) is 2.45. The van der Waals surface area contributed by atoms with Crippen LogP contribution in [0.1, 0.15) is 18.5 Å². The van der Waals surface area contributed by atoms with Gasteiger partial charge in [-0.1, -0.05) is 35.0 Å². The molecule has 0 bridgehead atoms. The topological polar surface area (TPSA) is 12.0 Å². The molecule has 0 saturated heterocycles. The van der Waals surface area contributed by atoms with Gasteiger partial charge in [0.25, 0.3) is 0 Å². The van der Waals surface area contributed by atoms with Crippen LogP contribution in [0.2, 0.25) is 0 Å². The number of likely N-dealkylation sites (N-methyl/N-ethyl adjacent to an activating group) is 1. The molecule has 0 aromatic heterocycles. The molecule has 1 aromatic rings. The Hall–Kier alpha value is -0.670. The van der Waals surface area contributed by atoms with Crippen molar-refractivity contribution >= 4 is 15.9 Å². The van der Waals surface area contributed by atoms with Gasteiger partial charge < -0.3 is 5.32 Å². The molecule has 1 nitrogen and oxygen atoms in total. The second-order valence-electron chi connectivity index (χ2n) is 2.94. The van der Waals surface area contributed by atoms with Crippen molar-refractivity contribution < 1.29 is 4.39 Å². The van der Waals surface area contributed by atoms with Crippen LogP contribution < -0.4 is 5.32 Å². The number of halogens is 2. The lowest BCUT2D eigenvalue weighted by Gasteiger charge is -2.14. The molecule has 0 spiro atoms. The summed E-state index contributed by atoms with van der Waals surface area (Å²) >= 11 is 3.22. The summed E-state index contributed by atoms with van der Waals surface area (Å²) in [6.45, 7) is 6.44. The standard InChI is InChI=1S/C11H13BrFN/c1-3-11(14-4-2)9-6-5-8(12)7-10(9)13/h3,5-7,11,14H,1,4H2,2H3. The lowest BCUT2D eigenvalue weighted by molar-refractivity contribution is 0.566. The van der Waals surface area contributed by atoms with Crippen LogP contribution in [0.5, 0.6) is 0 Å². The van der Waals surface area contributed by atoms with Gasteiger partial charge in [-0.15, -0.1) is 6.58 Å². The first-order valence-corrected chi connectivity index (χ1v) is 5.29. The Morgan fingerprint density at radius 3 is 2.86 bits per heavy atom. The van der Waals surface area contributed by atoms with Crippen molar-refractivity contribution in [3.8, 4) is 0 Å². The summed E-state index contributed by atoms with van der Waals surface area (Å²) in [7, 11) is 0. The SMILES string of the molecule is C=CC(NCC)c1ccc(Br)cc1F. The second-order valence-corrected chi connectivity index (χ2v) is 3.85. The van der Waals surface area contributed by atoms with E-state index in [9.17, 15) is 4.39 Å². The zero-order valence-corrected chi connectivity index (χ0v) is 9.64. The Labute approximate surface area is 92.1 Å². The van der Waals surface area contributed by atoms with Gasteiger partial charge >= 0.3 is 0 Å². The summed E-state index contributed by atoms with van der Waals surface area (Å²) < 4.78 is 14.2. The maximum Gasteiger partial charge on any atom is 0.129 e. The summed E-state index contributed by atoms with van der Waals surface area (Å²) in [4.78, 5) is 0. The van der Waals surface area contributed by atoms with Gasteiger partial charge in [-0.25, -0.2) is 4.39 Å². The summed E-state index contributed by atoms with van der Waals surface area (Å²) in [5.41, 5.74) is 0.630. The average Bonchev–Trinajstić information content (AvgIpc) is 2.15. The molecule has 3 heteroatoms. The third kappa shape index (κ3) is 2.66. The minimum Gasteiger partial charge on any atom is -0.307 e. The third-order valence-electron chi connectivity index (χ3n) is 1.96. The minimum absolute atomic E-state index is 0.118. The maximum absolute atomic E-state index is 13.5. The van der Waals surface area contributed by atoms with Gasteiger partial charge in [0.05, 0.1) is 6.04 Å². The summed E-state index contributed by atoms with van der Waals surface area (Å²) in [5, 5.41) is 3.14. The molecule has 1 aromatic carbocycles. The molecule has 0 radical (unpaired) electrons. The smallest absolute Gasteiger partial charge is 0.129 e. The Balaban J connectivity index is 2.98. The molecule has 0 aliphatic rings.